The largest absolute Gasteiger partial charge is 0.432 e. The molecule has 0 spiro atoms. The fourth-order valence-corrected chi connectivity index (χ4v) is 3.14. The number of benzene rings is 2. The number of hydrogen-bond donors (Lipinski definition) is 1. The predicted octanol–water partition coefficient (Wildman–Crippen LogP) is 3.72. The summed E-state index contributed by atoms with van der Waals surface area (Å²) in [6, 6.07) is 14.9. The number of sulfone groups is 1. The first-order valence-corrected chi connectivity index (χ1v) is 10.9. The van der Waals surface area contributed by atoms with Crippen LogP contribution >= 0.6 is 11.6 Å². The zero-order valence-electron chi connectivity index (χ0n) is 15.9. The number of hydrogen-bond acceptors (Lipinski definition) is 9. The van der Waals surface area contributed by atoms with Gasteiger partial charge in [-0.1, -0.05) is 41.9 Å². The number of halogens is 1. The molecule has 0 saturated heterocycles. The number of nitriles is 1. The molecule has 31 heavy (non-hydrogen) atoms. The van der Waals surface area contributed by atoms with Crippen LogP contribution in [0.1, 0.15) is 11.1 Å². The van der Waals surface area contributed by atoms with Crippen molar-refractivity contribution in [2.24, 2.45) is 0 Å². The van der Waals surface area contributed by atoms with Crippen LogP contribution in [0, 0.1) is 21.4 Å². The smallest absolute Gasteiger partial charge is 0.373 e. The van der Waals surface area contributed by atoms with Gasteiger partial charge in [0.05, 0.1) is 21.6 Å². The van der Waals surface area contributed by atoms with E-state index in [1.165, 1.54) is 18.2 Å². The summed E-state index contributed by atoms with van der Waals surface area (Å²) in [6.07, 6.45) is 0.863. The molecule has 0 amide bonds. The lowest BCUT2D eigenvalue weighted by Gasteiger charge is -2.12. The third kappa shape index (κ3) is 5.25. The molecule has 0 bridgehead atoms. The zero-order chi connectivity index (χ0) is 22.6. The van der Waals surface area contributed by atoms with Crippen LogP contribution in [0.3, 0.4) is 0 Å². The standard InChI is InChI=1S/C19H14ClN5O5S/c1-31(28,29)19-23-17(22-11-12-5-3-2-4-6-12)16(25(26)27)18(24-19)30-15-9-13(10-21)7-8-14(15)20/h2-9H,11H2,1H3,(H,22,23,24). The Labute approximate surface area is 182 Å². The van der Waals surface area contributed by atoms with E-state index in [0.29, 0.717) is 0 Å². The van der Waals surface area contributed by atoms with Gasteiger partial charge < -0.3 is 10.1 Å². The highest BCUT2D eigenvalue weighted by molar-refractivity contribution is 7.90. The monoisotopic (exact) mass is 459 g/mol. The van der Waals surface area contributed by atoms with E-state index in [-0.39, 0.29) is 28.7 Å². The van der Waals surface area contributed by atoms with Gasteiger partial charge >= 0.3 is 11.6 Å². The number of anilines is 1. The quantitative estimate of drug-likeness (QED) is 0.317. The first kappa shape index (κ1) is 21.9. The summed E-state index contributed by atoms with van der Waals surface area (Å²) >= 11 is 6.06. The molecule has 3 rings (SSSR count). The molecule has 0 unspecified atom stereocenters. The van der Waals surface area contributed by atoms with Crippen molar-refractivity contribution in [3.05, 3.63) is 74.8 Å². The number of nitrogens with zero attached hydrogens (tertiary/aromatic N) is 4. The van der Waals surface area contributed by atoms with Gasteiger partial charge in [0.1, 0.15) is 5.75 Å². The molecule has 0 fully saturated rings. The Bertz CT molecular complexity index is 1290. The van der Waals surface area contributed by atoms with E-state index < -0.39 is 31.5 Å². The Morgan fingerprint density at radius 2 is 1.94 bits per heavy atom. The Kier molecular flexibility index (Phi) is 6.33. The summed E-state index contributed by atoms with van der Waals surface area (Å²) in [7, 11) is -3.94. The van der Waals surface area contributed by atoms with Crippen LogP contribution in [0.5, 0.6) is 11.6 Å². The minimum atomic E-state index is -3.94. The van der Waals surface area contributed by atoms with E-state index in [0.717, 1.165) is 11.8 Å². The highest BCUT2D eigenvalue weighted by atomic mass is 35.5. The Balaban J connectivity index is 2.12. The van der Waals surface area contributed by atoms with E-state index in [2.05, 4.69) is 15.3 Å². The number of rotatable bonds is 7. The maximum Gasteiger partial charge on any atom is 0.373 e. The van der Waals surface area contributed by atoms with Gasteiger partial charge in [-0.15, -0.1) is 0 Å². The van der Waals surface area contributed by atoms with E-state index in [9.17, 15) is 18.5 Å². The van der Waals surface area contributed by atoms with Crippen molar-refractivity contribution in [2.75, 3.05) is 11.6 Å². The highest BCUT2D eigenvalue weighted by Gasteiger charge is 2.30. The minimum Gasteiger partial charge on any atom is -0.432 e. The molecule has 0 radical (unpaired) electrons. The molecule has 1 N–H and O–H groups in total. The van der Waals surface area contributed by atoms with Crippen LogP contribution in [-0.4, -0.2) is 29.6 Å². The molecule has 2 aromatic carbocycles. The third-order valence-electron chi connectivity index (χ3n) is 3.92. The van der Waals surface area contributed by atoms with E-state index >= 15 is 0 Å². The molecule has 1 aromatic heterocycles. The van der Waals surface area contributed by atoms with E-state index in [1.807, 2.05) is 12.1 Å². The zero-order valence-corrected chi connectivity index (χ0v) is 17.5. The van der Waals surface area contributed by atoms with E-state index in [1.54, 1.807) is 24.3 Å². The van der Waals surface area contributed by atoms with Crippen molar-refractivity contribution >= 4 is 32.9 Å². The summed E-state index contributed by atoms with van der Waals surface area (Å²) in [5, 5.41) is 23.0. The summed E-state index contributed by atoms with van der Waals surface area (Å²) in [5.74, 6) is -1.07. The van der Waals surface area contributed by atoms with Crippen molar-refractivity contribution in [3.8, 4) is 17.7 Å². The van der Waals surface area contributed by atoms with Crippen molar-refractivity contribution in [1.82, 2.24) is 9.97 Å². The van der Waals surface area contributed by atoms with Crippen LogP contribution in [0.25, 0.3) is 0 Å². The lowest BCUT2D eigenvalue weighted by molar-refractivity contribution is -0.385. The second-order valence-electron chi connectivity index (χ2n) is 6.24. The minimum absolute atomic E-state index is 0.0478. The van der Waals surface area contributed by atoms with Gasteiger partial charge in [-0.3, -0.25) is 10.1 Å². The van der Waals surface area contributed by atoms with Crippen molar-refractivity contribution in [1.29, 1.82) is 5.26 Å². The van der Waals surface area contributed by atoms with Crippen molar-refractivity contribution in [2.45, 2.75) is 11.7 Å². The number of nitrogens with one attached hydrogen (secondary N) is 1. The molecule has 0 atom stereocenters. The maximum absolute atomic E-state index is 12.1. The molecular formula is C19H14ClN5O5S. The number of aromatic nitrogens is 2. The average Bonchev–Trinajstić information content (AvgIpc) is 2.73. The molecule has 158 valence electrons. The van der Waals surface area contributed by atoms with Gasteiger partial charge in [0, 0.05) is 18.9 Å². The van der Waals surface area contributed by atoms with Crippen LogP contribution in [0.4, 0.5) is 11.5 Å². The summed E-state index contributed by atoms with van der Waals surface area (Å²) in [4.78, 5) is 18.5. The van der Waals surface area contributed by atoms with E-state index in [4.69, 9.17) is 21.6 Å². The second-order valence-corrected chi connectivity index (χ2v) is 8.55. The SMILES string of the molecule is CS(=O)(=O)c1nc(NCc2ccccc2)c([N+](=O)[O-])c(Oc2cc(C#N)ccc2Cl)n1. The third-order valence-corrected chi connectivity index (χ3v) is 5.07. The molecule has 12 heteroatoms. The first-order valence-electron chi connectivity index (χ1n) is 8.61. The Hall–Kier alpha value is -3.75. The van der Waals surface area contributed by atoms with Crippen LogP contribution in [0.15, 0.2) is 53.7 Å². The summed E-state index contributed by atoms with van der Waals surface area (Å²) in [6.45, 7) is 0.131. The molecule has 1 heterocycles. The van der Waals surface area contributed by atoms with Gasteiger partial charge in [-0.2, -0.15) is 15.2 Å². The lowest BCUT2D eigenvalue weighted by Crippen LogP contribution is -2.12. The summed E-state index contributed by atoms with van der Waals surface area (Å²) < 4.78 is 29.6. The lowest BCUT2D eigenvalue weighted by atomic mass is 10.2. The Morgan fingerprint density at radius 3 is 2.55 bits per heavy atom. The Morgan fingerprint density at radius 1 is 1.23 bits per heavy atom. The molecule has 0 aliphatic rings. The number of nitro groups is 1. The van der Waals surface area contributed by atoms with Gasteiger partial charge in [0.15, 0.2) is 0 Å². The normalized spacial score (nSPS) is 10.9. The molecule has 0 saturated carbocycles. The topological polar surface area (TPSA) is 148 Å². The van der Waals surface area contributed by atoms with Gasteiger partial charge in [-0.25, -0.2) is 8.42 Å². The number of ether oxygens (including phenoxy) is 1. The fraction of sp³-hybridized carbons (Fsp3) is 0.105. The first-order chi connectivity index (χ1) is 14.7. The second kappa shape index (κ2) is 8.95. The maximum atomic E-state index is 12.1. The molecular weight excluding hydrogens is 446 g/mol. The molecule has 0 aliphatic heterocycles. The summed E-state index contributed by atoms with van der Waals surface area (Å²) in [5.41, 5.74) is 0.284. The van der Waals surface area contributed by atoms with Crippen LogP contribution in [-0.2, 0) is 16.4 Å². The fourth-order valence-electron chi connectivity index (χ4n) is 2.48. The van der Waals surface area contributed by atoms with Crippen molar-refractivity contribution in [3.63, 3.8) is 0 Å². The molecule has 3 aromatic rings. The molecule has 0 aliphatic carbocycles. The average molecular weight is 460 g/mol. The van der Waals surface area contributed by atoms with Crippen molar-refractivity contribution < 1.29 is 18.1 Å². The van der Waals surface area contributed by atoms with Gasteiger partial charge in [-0.05, 0) is 17.7 Å². The molecule has 10 nitrogen and oxygen atoms in total. The highest BCUT2D eigenvalue weighted by Crippen LogP contribution is 2.38. The van der Waals surface area contributed by atoms with Crippen LogP contribution in [0.2, 0.25) is 5.02 Å². The van der Waals surface area contributed by atoms with Gasteiger partial charge in [0.2, 0.25) is 15.7 Å². The van der Waals surface area contributed by atoms with Gasteiger partial charge in [0.25, 0.3) is 5.16 Å². The predicted molar refractivity (Wildman–Crippen MR) is 112 cm³/mol. The van der Waals surface area contributed by atoms with Crippen LogP contribution < -0.4 is 10.1 Å².